The van der Waals surface area contributed by atoms with Gasteiger partial charge in [-0.15, -0.1) is 0 Å². The highest BCUT2D eigenvalue weighted by atomic mass is 16.5. The number of hydrogen-bond donors (Lipinski definition) is 0. The lowest BCUT2D eigenvalue weighted by molar-refractivity contribution is -0.148. The van der Waals surface area contributed by atoms with Gasteiger partial charge in [0, 0.05) is 31.3 Å². The third-order valence-electron chi connectivity index (χ3n) is 3.29. The number of ether oxygens (including phenoxy) is 2. The zero-order valence-electron chi connectivity index (χ0n) is 10.7. The van der Waals surface area contributed by atoms with E-state index in [1.54, 1.807) is 13.0 Å². The molecule has 0 aromatic carbocycles. The lowest BCUT2D eigenvalue weighted by Crippen LogP contribution is -2.41. The van der Waals surface area contributed by atoms with Crippen LogP contribution in [-0.2, 0) is 19.1 Å². The predicted molar refractivity (Wildman–Crippen MR) is 64.8 cm³/mol. The van der Waals surface area contributed by atoms with Gasteiger partial charge < -0.3 is 14.4 Å². The smallest absolute Gasteiger partial charge is 0.314 e. The summed E-state index contributed by atoms with van der Waals surface area (Å²) in [6, 6.07) is 0. The van der Waals surface area contributed by atoms with Gasteiger partial charge in [0.1, 0.15) is 0 Å². The summed E-state index contributed by atoms with van der Waals surface area (Å²) in [4.78, 5) is 25.6. The number of rotatable bonds is 3. The van der Waals surface area contributed by atoms with Gasteiger partial charge in [-0.2, -0.15) is 0 Å². The fourth-order valence-corrected chi connectivity index (χ4v) is 2.39. The lowest BCUT2D eigenvalue weighted by Gasteiger charge is -2.35. The van der Waals surface area contributed by atoms with Crippen molar-refractivity contribution in [2.45, 2.75) is 19.8 Å². The van der Waals surface area contributed by atoms with Crippen molar-refractivity contribution in [2.75, 3.05) is 32.9 Å². The number of carbonyl (C=O) groups is 2. The molecule has 5 heteroatoms. The molecule has 2 aliphatic rings. The van der Waals surface area contributed by atoms with Crippen molar-refractivity contribution >= 4 is 11.8 Å². The summed E-state index contributed by atoms with van der Waals surface area (Å²) in [6.07, 6.45) is 2.59. The second-order valence-corrected chi connectivity index (χ2v) is 4.48. The molecule has 2 rings (SSSR count). The van der Waals surface area contributed by atoms with E-state index in [-0.39, 0.29) is 17.7 Å². The number of hydrogen-bond acceptors (Lipinski definition) is 5. The van der Waals surface area contributed by atoms with E-state index in [0.717, 1.165) is 18.8 Å². The van der Waals surface area contributed by atoms with Crippen molar-refractivity contribution in [3.05, 3.63) is 11.8 Å². The fourth-order valence-electron chi connectivity index (χ4n) is 2.39. The minimum absolute atomic E-state index is 0.0945. The third kappa shape index (κ3) is 2.90. The molecule has 0 aromatic rings. The Morgan fingerprint density at radius 1 is 1.50 bits per heavy atom. The third-order valence-corrected chi connectivity index (χ3v) is 3.29. The molecule has 0 bridgehead atoms. The maximum Gasteiger partial charge on any atom is 0.314 e. The quantitative estimate of drug-likeness (QED) is 0.694. The summed E-state index contributed by atoms with van der Waals surface area (Å²) in [6.45, 7) is 4.91. The molecule has 1 aliphatic carbocycles. The Hall–Kier alpha value is -1.36. The molecule has 1 heterocycles. The summed E-state index contributed by atoms with van der Waals surface area (Å²) >= 11 is 0. The summed E-state index contributed by atoms with van der Waals surface area (Å²) in [5, 5.41) is 0. The topological polar surface area (TPSA) is 55.8 Å². The molecule has 1 aliphatic heterocycles. The van der Waals surface area contributed by atoms with Crippen molar-refractivity contribution in [3.63, 3.8) is 0 Å². The van der Waals surface area contributed by atoms with Crippen LogP contribution in [0.3, 0.4) is 0 Å². The Balaban J connectivity index is 2.14. The summed E-state index contributed by atoms with van der Waals surface area (Å²) in [5.41, 5.74) is 0.813. The van der Waals surface area contributed by atoms with Crippen LogP contribution in [0.2, 0.25) is 0 Å². The Kier molecular flexibility index (Phi) is 4.36. The van der Waals surface area contributed by atoms with Gasteiger partial charge >= 0.3 is 5.97 Å². The van der Waals surface area contributed by atoms with E-state index in [0.29, 0.717) is 32.7 Å². The first-order valence-electron chi connectivity index (χ1n) is 6.46. The Bertz CT molecular complexity index is 358. The van der Waals surface area contributed by atoms with Gasteiger partial charge in [-0.1, -0.05) is 0 Å². The second kappa shape index (κ2) is 6.00. The van der Waals surface area contributed by atoms with Crippen molar-refractivity contribution in [1.82, 2.24) is 4.90 Å². The normalized spacial score (nSPS) is 24.7. The van der Waals surface area contributed by atoms with Gasteiger partial charge in [0.2, 0.25) is 0 Å². The Labute approximate surface area is 107 Å². The van der Waals surface area contributed by atoms with E-state index >= 15 is 0 Å². The fraction of sp³-hybridized carbons (Fsp3) is 0.692. The van der Waals surface area contributed by atoms with E-state index in [4.69, 9.17) is 9.47 Å². The minimum atomic E-state index is -0.291. The molecule has 0 saturated carbocycles. The van der Waals surface area contributed by atoms with Gasteiger partial charge in [0.05, 0.1) is 25.7 Å². The molecule has 100 valence electrons. The molecule has 1 fully saturated rings. The van der Waals surface area contributed by atoms with Crippen molar-refractivity contribution in [2.24, 2.45) is 5.92 Å². The van der Waals surface area contributed by atoms with E-state index in [9.17, 15) is 9.59 Å². The molecule has 1 saturated heterocycles. The van der Waals surface area contributed by atoms with Crippen molar-refractivity contribution in [3.8, 4) is 0 Å². The number of ketones is 1. The second-order valence-electron chi connectivity index (χ2n) is 4.48. The summed E-state index contributed by atoms with van der Waals surface area (Å²) in [7, 11) is 0. The molecular weight excluding hydrogens is 234 g/mol. The minimum Gasteiger partial charge on any atom is -0.465 e. The highest BCUT2D eigenvalue weighted by Gasteiger charge is 2.32. The largest absolute Gasteiger partial charge is 0.465 e. The number of allylic oxidation sites excluding steroid dienone is 1. The van der Waals surface area contributed by atoms with E-state index in [1.165, 1.54) is 0 Å². The maximum atomic E-state index is 11.9. The lowest BCUT2D eigenvalue weighted by atomic mass is 9.90. The number of nitrogens with zero attached hydrogens (tertiary/aromatic N) is 1. The zero-order chi connectivity index (χ0) is 13.0. The monoisotopic (exact) mass is 253 g/mol. The van der Waals surface area contributed by atoms with E-state index in [1.807, 2.05) is 0 Å². The molecule has 0 N–H and O–H groups in total. The van der Waals surface area contributed by atoms with Crippen LogP contribution >= 0.6 is 0 Å². The Morgan fingerprint density at radius 2 is 2.22 bits per heavy atom. The molecular formula is C13H19NO4. The molecule has 0 aromatic heterocycles. The van der Waals surface area contributed by atoms with Crippen LogP contribution in [0.15, 0.2) is 11.8 Å². The van der Waals surface area contributed by atoms with Crippen LogP contribution in [0.1, 0.15) is 19.8 Å². The first-order valence-corrected chi connectivity index (χ1v) is 6.46. The summed E-state index contributed by atoms with van der Waals surface area (Å²) < 4.78 is 10.4. The molecule has 5 nitrogen and oxygen atoms in total. The van der Waals surface area contributed by atoms with Gasteiger partial charge in [-0.25, -0.2) is 0 Å². The van der Waals surface area contributed by atoms with Crippen LogP contribution in [0, 0.1) is 5.92 Å². The first-order chi connectivity index (χ1) is 8.72. The van der Waals surface area contributed by atoms with Gasteiger partial charge in [0.15, 0.2) is 5.78 Å². The van der Waals surface area contributed by atoms with Crippen LogP contribution < -0.4 is 0 Å². The maximum absolute atomic E-state index is 11.9. The van der Waals surface area contributed by atoms with Crippen molar-refractivity contribution < 1.29 is 19.1 Å². The van der Waals surface area contributed by atoms with Crippen molar-refractivity contribution in [1.29, 1.82) is 0 Å². The molecule has 18 heavy (non-hydrogen) atoms. The van der Waals surface area contributed by atoms with Crippen LogP contribution in [0.5, 0.6) is 0 Å². The number of morpholine rings is 1. The van der Waals surface area contributed by atoms with E-state index < -0.39 is 0 Å². The highest BCUT2D eigenvalue weighted by Crippen LogP contribution is 2.27. The first kappa shape index (κ1) is 13.1. The van der Waals surface area contributed by atoms with Crippen LogP contribution in [0.4, 0.5) is 0 Å². The molecule has 1 atom stereocenters. The van der Waals surface area contributed by atoms with Crippen LogP contribution in [0.25, 0.3) is 0 Å². The number of carbonyl (C=O) groups excluding carboxylic acids is 2. The Morgan fingerprint density at radius 3 is 2.89 bits per heavy atom. The van der Waals surface area contributed by atoms with Crippen LogP contribution in [-0.4, -0.2) is 49.6 Å². The van der Waals surface area contributed by atoms with Gasteiger partial charge in [-0.3, -0.25) is 9.59 Å². The summed E-state index contributed by atoms with van der Waals surface area (Å²) in [5.74, 6) is -0.416. The molecule has 0 spiro atoms. The predicted octanol–water partition coefficient (Wildman–Crippen LogP) is 0.745. The van der Waals surface area contributed by atoms with E-state index in [2.05, 4.69) is 4.90 Å². The van der Waals surface area contributed by atoms with Gasteiger partial charge in [-0.05, 0) is 13.3 Å². The number of esters is 1. The average molecular weight is 253 g/mol. The molecule has 0 radical (unpaired) electrons. The highest BCUT2D eigenvalue weighted by molar-refractivity contribution is 5.93. The molecule has 0 amide bonds. The van der Waals surface area contributed by atoms with Gasteiger partial charge in [0.25, 0.3) is 0 Å². The zero-order valence-corrected chi connectivity index (χ0v) is 10.7. The standard InChI is InChI=1S/C13H19NO4/c1-2-18-13(16)11-4-3-10(15)9-12(11)14-5-7-17-8-6-14/h9,11H,2-8H2,1H3. The average Bonchev–Trinajstić information content (AvgIpc) is 2.40. The molecule has 1 unspecified atom stereocenters. The SMILES string of the molecule is CCOC(=O)C1CCC(=O)C=C1N1CCOCC1.